The fourth-order valence-electron chi connectivity index (χ4n) is 2.97. The van der Waals surface area contributed by atoms with Gasteiger partial charge in [0, 0.05) is 28.1 Å². The highest BCUT2D eigenvalue weighted by atomic mass is 32.2. The first-order valence-electron chi connectivity index (χ1n) is 9.63. The minimum Gasteiger partial charge on any atom is -0.497 e. The van der Waals surface area contributed by atoms with E-state index in [0.29, 0.717) is 18.3 Å². The average molecular weight is 463 g/mol. The zero-order chi connectivity index (χ0) is 22.0. The lowest BCUT2D eigenvalue weighted by Crippen LogP contribution is -2.41. The third kappa shape index (κ3) is 4.82. The summed E-state index contributed by atoms with van der Waals surface area (Å²) in [6, 6.07) is 11.9. The van der Waals surface area contributed by atoms with Crippen LogP contribution in [0.5, 0.6) is 11.5 Å². The smallest absolute Gasteiger partial charge is 0.255 e. The van der Waals surface area contributed by atoms with E-state index in [2.05, 4.69) is 24.1 Å². The van der Waals surface area contributed by atoms with Gasteiger partial charge in [-0.1, -0.05) is 30.3 Å². The summed E-state index contributed by atoms with van der Waals surface area (Å²) in [5.41, 5.74) is 4.52. The van der Waals surface area contributed by atoms with E-state index in [9.17, 15) is 8.42 Å². The van der Waals surface area contributed by atoms with Gasteiger partial charge in [-0.15, -0.1) is 4.83 Å². The highest BCUT2D eigenvalue weighted by Gasteiger charge is 2.22. The van der Waals surface area contributed by atoms with Crippen LogP contribution < -0.4 is 19.7 Å². The second-order valence-corrected chi connectivity index (χ2v) is 10.0. The number of hydrogen-bond donors (Lipinski definition) is 3. The van der Waals surface area contributed by atoms with E-state index < -0.39 is 10.0 Å². The first-order valence-corrected chi connectivity index (χ1v) is 12.0. The van der Waals surface area contributed by atoms with Crippen molar-refractivity contribution in [2.24, 2.45) is 5.92 Å². The van der Waals surface area contributed by atoms with Crippen molar-refractivity contribution < 1.29 is 22.3 Å². The topological polar surface area (TPSA) is 93.0 Å². The molecule has 31 heavy (non-hydrogen) atoms. The maximum Gasteiger partial charge on any atom is 0.255 e. The lowest BCUT2D eigenvalue weighted by Gasteiger charge is -2.18. The van der Waals surface area contributed by atoms with Crippen LogP contribution in [-0.2, 0) is 16.6 Å². The van der Waals surface area contributed by atoms with Gasteiger partial charge < -0.3 is 19.3 Å². The number of rotatable bonds is 8. The molecule has 2 N–H and O–H groups in total. The molecule has 2 aromatic carbocycles. The Labute approximate surface area is 185 Å². The molecular weight excluding hydrogens is 438 g/mol. The highest BCUT2D eigenvalue weighted by Crippen LogP contribution is 2.30. The fourth-order valence-corrected chi connectivity index (χ4v) is 5.03. The van der Waals surface area contributed by atoms with E-state index in [4.69, 9.17) is 13.9 Å². The van der Waals surface area contributed by atoms with Crippen LogP contribution in [0.1, 0.15) is 19.4 Å². The van der Waals surface area contributed by atoms with Gasteiger partial charge >= 0.3 is 0 Å². The molecule has 1 radical (unpaired) electrons. The first-order chi connectivity index (χ1) is 14.9. The molecule has 0 spiro atoms. The molecule has 0 saturated carbocycles. The van der Waals surface area contributed by atoms with Crippen LogP contribution in [0.15, 0.2) is 69.1 Å². The number of hydrogen-bond acceptors (Lipinski definition) is 7. The van der Waals surface area contributed by atoms with Crippen LogP contribution in [-0.4, -0.2) is 20.1 Å². The lowest BCUT2D eigenvalue weighted by atomic mass is 10.2. The molecule has 8 nitrogen and oxygen atoms in total. The van der Waals surface area contributed by atoms with Gasteiger partial charge in [0.05, 0.1) is 18.3 Å². The summed E-state index contributed by atoms with van der Waals surface area (Å²) in [7, 11) is -2.11. The Morgan fingerprint density at radius 1 is 1.16 bits per heavy atom. The number of ether oxygens (including phenoxy) is 2. The van der Waals surface area contributed by atoms with Crippen molar-refractivity contribution in [2.75, 3.05) is 7.11 Å². The first kappa shape index (κ1) is 21.6. The maximum absolute atomic E-state index is 12.6. The number of nitrogens with zero attached hydrogens (tertiary/aromatic N) is 1. The van der Waals surface area contributed by atoms with Crippen LogP contribution in [0, 0.1) is 5.92 Å². The molecule has 1 aliphatic rings. The number of thiol groups is 1. The van der Waals surface area contributed by atoms with Crippen LogP contribution >= 0.6 is 11.9 Å². The van der Waals surface area contributed by atoms with Gasteiger partial charge in [-0.25, -0.2) is 8.42 Å². The van der Waals surface area contributed by atoms with E-state index in [1.54, 1.807) is 31.7 Å². The number of benzene rings is 2. The van der Waals surface area contributed by atoms with Crippen LogP contribution in [0.3, 0.4) is 0 Å². The largest absolute Gasteiger partial charge is 0.497 e. The summed E-state index contributed by atoms with van der Waals surface area (Å²) in [6.07, 6.45) is 3.45. The van der Waals surface area contributed by atoms with E-state index in [-0.39, 0.29) is 4.90 Å². The number of allylic oxidation sites excluding steroid dienone is 1. The molecular formula is C21H24N3O5S2. The quantitative estimate of drug-likeness (QED) is 0.437. The Morgan fingerprint density at radius 3 is 2.58 bits per heavy atom. The fraction of sp³-hybridized carbons (Fsp3) is 0.238. The summed E-state index contributed by atoms with van der Waals surface area (Å²) in [4.78, 5) is 3.77. The molecule has 0 atom stereocenters. The highest BCUT2D eigenvalue weighted by molar-refractivity contribution is 8.01. The molecule has 1 aliphatic heterocycles. The van der Waals surface area contributed by atoms with Crippen molar-refractivity contribution in [3.8, 4) is 11.5 Å². The van der Waals surface area contributed by atoms with Crippen molar-refractivity contribution in [1.82, 2.24) is 14.8 Å². The van der Waals surface area contributed by atoms with Gasteiger partial charge in [0.2, 0.25) is 0 Å². The second-order valence-electron chi connectivity index (χ2n) is 7.24. The van der Waals surface area contributed by atoms with Crippen LogP contribution in [0.4, 0.5) is 0 Å². The molecule has 0 saturated heterocycles. The Kier molecular flexibility index (Phi) is 6.15. The third-order valence-corrected chi connectivity index (χ3v) is 7.48. The number of furan rings is 1. The predicted octanol–water partition coefficient (Wildman–Crippen LogP) is 3.91. The van der Waals surface area contributed by atoms with Gasteiger partial charge in [-0.05, 0) is 42.3 Å². The zero-order valence-corrected chi connectivity index (χ0v) is 19.0. The number of methoxy groups -OCH3 is 1. The van der Waals surface area contributed by atoms with E-state index in [1.165, 1.54) is 16.7 Å². The Hall–Kier alpha value is -2.66. The van der Waals surface area contributed by atoms with Gasteiger partial charge in [0.25, 0.3) is 10.0 Å². The summed E-state index contributed by atoms with van der Waals surface area (Å²) >= 11 is 0.761. The van der Waals surface area contributed by atoms with Crippen molar-refractivity contribution in [3.05, 3.63) is 65.4 Å². The monoisotopic (exact) mass is 462 g/mol. The van der Waals surface area contributed by atoms with E-state index >= 15 is 0 Å². The lowest BCUT2D eigenvalue weighted by molar-refractivity contribution is 0.305. The number of hydrazine groups is 2. The molecule has 10 heteroatoms. The number of sulfonamides is 1. The van der Waals surface area contributed by atoms with Crippen molar-refractivity contribution in [3.63, 3.8) is 0 Å². The average Bonchev–Trinajstić information content (AvgIpc) is 3.38. The molecule has 0 amide bonds. The zero-order valence-electron chi connectivity index (χ0n) is 17.3. The molecule has 0 unspecified atom stereocenters. The Bertz CT molecular complexity index is 1200. The van der Waals surface area contributed by atoms with Crippen LogP contribution in [0.25, 0.3) is 11.0 Å². The SMILES string of the molecule is COc1ccc2c(COc3ccc(S(=O)(=O)NN4NC=C(C(C)C)[SH]4)cc3)coc2c1. The molecule has 4 rings (SSSR count). The van der Waals surface area contributed by atoms with Gasteiger partial charge in [0.15, 0.2) is 0 Å². The third-order valence-electron chi connectivity index (χ3n) is 4.74. The van der Waals surface area contributed by atoms with Crippen molar-refractivity contribution in [1.29, 1.82) is 0 Å². The molecule has 0 bridgehead atoms. The molecule has 0 aliphatic carbocycles. The summed E-state index contributed by atoms with van der Waals surface area (Å²) in [5, 5.41) is 0.941. The standard InChI is InChI=1S/C21H24N3O5S2/c1-14(2)21-11-22-24(30-21)23-31(25,26)18-7-4-16(5-8-18)28-12-15-13-29-20-10-17(27-3)6-9-19(15)20/h4-11,13-14,22-23,30H,12H2,1-3H3. The molecule has 1 aromatic heterocycles. The minimum atomic E-state index is -3.71. The molecule has 165 valence electrons. The van der Waals surface area contributed by atoms with Gasteiger partial charge in [-0.2, -0.15) is 0 Å². The number of nitrogens with one attached hydrogen (secondary N) is 2. The van der Waals surface area contributed by atoms with Crippen LogP contribution in [0.2, 0.25) is 0 Å². The minimum absolute atomic E-state index is 0.149. The van der Waals surface area contributed by atoms with Gasteiger partial charge in [0.1, 0.15) is 23.7 Å². The number of fused-ring (bicyclic) bond motifs is 1. The maximum atomic E-state index is 12.6. The molecule has 0 fully saturated rings. The Morgan fingerprint density at radius 2 is 1.90 bits per heavy atom. The van der Waals surface area contributed by atoms with Crippen molar-refractivity contribution >= 4 is 32.9 Å². The van der Waals surface area contributed by atoms with Gasteiger partial charge in [-0.3, -0.25) is 0 Å². The molecule has 3 aromatic rings. The predicted molar refractivity (Wildman–Crippen MR) is 121 cm³/mol. The Balaban J connectivity index is 1.38. The normalized spacial score (nSPS) is 14.6. The summed E-state index contributed by atoms with van der Waals surface area (Å²) < 4.78 is 43.3. The van der Waals surface area contributed by atoms with E-state index in [1.807, 2.05) is 18.2 Å². The van der Waals surface area contributed by atoms with E-state index in [0.717, 1.165) is 39.1 Å². The summed E-state index contributed by atoms with van der Waals surface area (Å²) in [5.74, 6) is 1.61. The molecule has 2 heterocycles. The summed E-state index contributed by atoms with van der Waals surface area (Å²) in [6.45, 7) is 4.41. The van der Waals surface area contributed by atoms with Crippen molar-refractivity contribution in [2.45, 2.75) is 25.3 Å². The second kappa shape index (κ2) is 8.83.